The molecule has 1 heterocycles. The Balaban J connectivity index is 1.68. The molecule has 1 amide bonds. The van der Waals surface area contributed by atoms with E-state index >= 15 is 0 Å². The topological polar surface area (TPSA) is 115 Å². The Hall–Kier alpha value is -3.00. The van der Waals surface area contributed by atoms with Gasteiger partial charge in [0.05, 0.1) is 16.3 Å². The van der Waals surface area contributed by atoms with Crippen LogP contribution in [0.25, 0.3) is 11.0 Å². The fraction of sp³-hybridized carbons (Fsp3) is 0.200. The van der Waals surface area contributed by atoms with Gasteiger partial charge >= 0.3 is 0 Å². The average Bonchev–Trinajstić information content (AvgIpc) is 3.02. The SMILES string of the molecule is O=C(N/N=C/c1c(O)c(Br)cc2oc3c(c12)CCCC3)c1ccc(O)cc1O. The van der Waals surface area contributed by atoms with Crippen molar-refractivity contribution in [3.05, 3.63) is 51.2 Å². The number of hydrogen-bond acceptors (Lipinski definition) is 6. The number of benzene rings is 2. The molecule has 28 heavy (non-hydrogen) atoms. The van der Waals surface area contributed by atoms with Gasteiger partial charge in [-0.2, -0.15) is 5.10 Å². The summed E-state index contributed by atoms with van der Waals surface area (Å²) >= 11 is 3.32. The van der Waals surface area contributed by atoms with E-state index in [9.17, 15) is 20.1 Å². The lowest BCUT2D eigenvalue weighted by Gasteiger charge is -2.10. The molecule has 0 spiro atoms. The lowest BCUT2D eigenvalue weighted by atomic mass is 9.94. The minimum Gasteiger partial charge on any atom is -0.508 e. The molecule has 0 saturated heterocycles. The predicted octanol–water partition coefficient (Wildman–Crippen LogP) is 3.95. The summed E-state index contributed by atoms with van der Waals surface area (Å²) in [4.78, 5) is 12.2. The number of phenolic OH excluding ortho intramolecular Hbond substituents is 3. The molecule has 0 atom stereocenters. The monoisotopic (exact) mass is 444 g/mol. The third-order valence-electron chi connectivity index (χ3n) is 4.79. The maximum Gasteiger partial charge on any atom is 0.275 e. The zero-order valence-electron chi connectivity index (χ0n) is 14.7. The van der Waals surface area contributed by atoms with Crippen LogP contribution in [0.1, 0.15) is 40.1 Å². The summed E-state index contributed by atoms with van der Waals surface area (Å²) in [6, 6.07) is 5.38. The molecule has 0 aliphatic heterocycles. The van der Waals surface area contributed by atoms with Gasteiger partial charge in [-0.05, 0) is 53.4 Å². The maximum absolute atomic E-state index is 12.2. The van der Waals surface area contributed by atoms with Crippen molar-refractivity contribution in [3.8, 4) is 17.2 Å². The highest BCUT2D eigenvalue weighted by molar-refractivity contribution is 9.10. The fourth-order valence-electron chi connectivity index (χ4n) is 3.47. The van der Waals surface area contributed by atoms with Gasteiger partial charge in [0.1, 0.15) is 28.6 Å². The van der Waals surface area contributed by atoms with Crippen LogP contribution < -0.4 is 5.43 Å². The maximum atomic E-state index is 12.2. The van der Waals surface area contributed by atoms with Crippen molar-refractivity contribution in [3.63, 3.8) is 0 Å². The van der Waals surface area contributed by atoms with E-state index in [1.54, 1.807) is 6.07 Å². The van der Waals surface area contributed by atoms with Gasteiger partial charge in [-0.3, -0.25) is 4.79 Å². The van der Waals surface area contributed by atoms with Crippen LogP contribution in [0.5, 0.6) is 17.2 Å². The standard InChI is InChI=1S/C20H17BrN2O5/c21-14-8-17-18(12-3-1-2-4-16(12)28-17)13(19(14)26)9-22-23-20(27)11-6-5-10(24)7-15(11)25/h5-9,24-26H,1-4H2,(H,23,27)/b22-9+. The molecule has 2 aromatic carbocycles. The second-order valence-corrected chi connectivity index (χ2v) is 7.46. The van der Waals surface area contributed by atoms with Crippen molar-refractivity contribution in [1.82, 2.24) is 5.43 Å². The molecule has 0 saturated carbocycles. The summed E-state index contributed by atoms with van der Waals surface area (Å²) in [7, 11) is 0. The quantitative estimate of drug-likeness (QED) is 0.360. The number of aryl methyl sites for hydroxylation is 2. The molecule has 144 valence electrons. The van der Waals surface area contributed by atoms with Gasteiger partial charge in [-0.25, -0.2) is 5.43 Å². The number of halogens is 1. The molecule has 1 aliphatic rings. The van der Waals surface area contributed by atoms with Crippen LogP contribution in [0.4, 0.5) is 0 Å². The summed E-state index contributed by atoms with van der Waals surface area (Å²) in [6.07, 6.45) is 5.19. The number of fused-ring (bicyclic) bond motifs is 3. The molecule has 4 rings (SSSR count). The molecule has 8 heteroatoms. The lowest BCUT2D eigenvalue weighted by molar-refractivity contribution is 0.0952. The molecule has 0 radical (unpaired) electrons. The van der Waals surface area contributed by atoms with E-state index in [0.717, 1.165) is 48.5 Å². The van der Waals surface area contributed by atoms with Gasteiger partial charge in [0, 0.05) is 29.0 Å². The molecule has 0 bridgehead atoms. The third-order valence-corrected chi connectivity index (χ3v) is 5.40. The lowest BCUT2D eigenvalue weighted by Crippen LogP contribution is -2.17. The van der Waals surface area contributed by atoms with Gasteiger partial charge in [0.2, 0.25) is 0 Å². The van der Waals surface area contributed by atoms with E-state index in [2.05, 4.69) is 26.5 Å². The first kappa shape index (κ1) is 18.4. The highest BCUT2D eigenvalue weighted by atomic mass is 79.9. The highest BCUT2D eigenvalue weighted by Gasteiger charge is 2.23. The number of phenols is 3. The predicted molar refractivity (Wildman–Crippen MR) is 107 cm³/mol. The van der Waals surface area contributed by atoms with E-state index < -0.39 is 5.91 Å². The van der Waals surface area contributed by atoms with E-state index in [1.165, 1.54) is 18.3 Å². The fourth-order valence-corrected chi connectivity index (χ4v) is 3.89. The number of hydrazone groups is 1. The van der Waals surface area contributed by atoms with E-state index in [1.807, 2.05) is 0 Å². The molecule has 4 N–H and O–H groups in total. The molecular weight excluding hydrogens is 428 g/mol. The number of rotatable bonds is 3. The van der Waals surface area contributed by atoms with E-state index in [-0.39, 0.29) is 22.8 Å². The van der Waals surface area contributed by atoms with Crippen LogP contribution in [0.2, 0.25) is 0 Å². The van der Waals surface area contributed by atoms with Crippen LogP contribution in [-0.2, 0) is 12.8 Å². The average molecular weight is 445 g/mol. The van der Waals surface area contributed by atoms with Crippen molar-refractivity contribution in [2.45, 2.75) is 25.7 Å². The summed E-state index contributed by atoms with van der Waals surface area (Å²) in [6.45, 7) is 0. The van der Waals surface area contributed by atoms with E-state index in [4.69, 9.17) is 4.42 Å². The Morgan fingerprint density at radius 2 is 1.96 bits per heavy atom. The van der Waals surface area contributed by atoms with Gasteiger partial charge in [-0.1, -0.05) is 0 Å². The van der Waals surface area contributed by atoms with Crippen LogP contribution >= 0.6 is 15.9 Å². The van der Waals surface area contributed by atoms with Gasteiger partial charge in [-0.15, -0.1) is 0 Å². The Morgan fingerprint density at radius 3 is 2.75 bits per heavy atom. The zero-order chi connectivity index (χ0) is 19.8. The summed E-state index contributed by atoms with van der Waals surface area (Å²) < 4.78 is 6.41. The first-order valence-electron chi connectivity index (χ1n) is 8.77. The molecule has 7 nitrogen and oxygen atoms in total. The minimum atomic E-state index is -0.645. The number of hydrogen-bond donors (Lipinski definition) is 4. The Morgan fingerprint density at radius 1 is 1.18 bits per heavy atom. The Bertz CT molecular complexity index is 1120. The number of amides is 1. The molecule has 3 aromatic rings. The van der Waals surface area contributed by atoms with Crippen LogP contribution in [-0.4, -0.2) is 27.4 Å². The van der Waals surface area contributed by atoms with Crippen molar-refractivity contribution in [1.29, 1.82) is 0 Å². The molecule has 0 fully saturated rings. The smallest absolute Gasteiger partial charge is 0.275 e. The number of carbonyl (C=O) groups excluding carboxylic acids is 1. The van der Waals surface area contributed by atoms with Crippen LogP contribution in [0, 0.1) is 0 Å². The molecule has 0 unspecified atom stereocenters. The first-order chi connectivity index (χ1) is 13.5. The van der Waals surface area contributed by atoms with Crippen molar-refractivity contribution >= 4 is 39.0 Å². The summed E-state index contributed by atoms with van der Waals surface area (Å²) in [5.41, 5.74) is 4.46. The number of carbonyl (C=O) groups is 1. The second kappa shape index (κ2) is 7.20. The summed E-state index contributed by atoms with van der Waals surface area (Å²) in [5.74, 6) is -0.222. The van der Waals surface area contributed by atoms with Gasteiger partial charge in [0.25, 0.3) is 5.91 Å². The van der Waals surface area contributed by atoms with Crippen molar-refractivity contribution < 1.29 is 24.5 Å². The van der Waals surface area contributed by atoms with E-state index in [0.29, 0.717) is 15.6 Å². The summed E-state index contributed by atoms with van der Waals surface area (Å²) in [5, 5.41) is 34.3. The molecular formula is C20H17BrN2O5. The van der Waals surface area contributed by atoms with Gasteiger partial charge in [0.15, 0.2) is 0 Å². The highest BCUT2D eigenvalue weighted by Crippen LogP contribution is 2.40. The number of aromatic hydroxyl groups is 3. The van der Waals surface area contributed by atoms with Crippen molar-refractivity contribution in [2.24, 2.45) is 5.10 Å². The van der Waals surface area contributed by atoms with Crippen LogP contribution in [0.15, 0.2) is 38.3 Å². The van der Waals surface area contributed by atoms with Crippen molar-refractivity contribution in [2.75, 3.05) is 0 Å². The first-order valence-corrected chi connectivity index (χ1v) is 9.56. The Labute approximate surface area is 168 Å². The second-order valence-electron chi connectivity index (χ2n) is 6.61. The number of nitrogens with zero attached hydrogens (tertiary/aromatic N) is 1. The molecule has 1 aromatic heterocycles. The van der Waals surface area contributed by atoms with Gasteiger partial charge < -0.3 is 19.7 Å². The zero-order valence-corrected chi connectivity index (χ0v) is 16.3. The Kier molecular flexibility index (Phi) is 4.72. The normalized spacial score (nSPS) is 13.8. The van der Waals surface area contributed by atoms with Crippen LogP contribution in [0.3, 0.4) is 0 Å². The number of nitrogens with one attached hydrogen (secondary N) is 1. The third kappa shape index (κ3) is 3.20. The molecule has 1 aliphatic carbocycles. The minimum absolute atomic E-state index is 0.00662. The largest absolute Gasteiger partial charge is 0.508 e. The number of furan rings is 1.